The first-order valence-corrected chi connectivity index (χ1v) is 7.30. The maximum atomic E-state index is 11.1. The number of fused-ring (bicyclic) bond motifs is 1. The molecule has 2 aliphatic rings. The molecule has 1 heterocycles. The Bertz CT molecular complexity index is 343. The highest BCUT2D eigenvalue weighted by molar-refractivity contribution is 5.50. The lowest BCUT2D eigenvalue weighted by Gasteiger charge is -2.52. The minimum atomic E-state index is -0.534. The van der Waals surface area contributed by atoms with Crippen molar-refractivity contribution in [1.82, 2.24) is 0 Å². The second-order valence-electron chi connectivity index (χ2n) is 6.44. The molecule has 1 aliphatic heterocycles. The van der Waals surface area contributed by atoms with Crippen molar-refractivity contribution in [2.45, 2.75) is 57.5 Å². The third-order valence-corrected chi connectivity index (χ3v) is 4.62. The summed E-state index contributed by atoms with van der Waals surface area (Å²) in [4.78, 5) is 11.1. The Hall–Kier alpha value is -0.490. The standard InChI is InChI=1S/C15H26O5/c1-14(2)18-9-11-12(6-8-16)15(3,19-10-17-4)7-5-13(11)20-14/h8,11-13H,5-7,9-10H2,1-4H3/t11-,12+,13+,15+/m1/s1. The predicted octanol–water partition coefficient (Wildman–Crippen LogP) is 2.13. The maximum Gasteiger partial charge on any atom is 0.163 e. The maximum absolute atomic E-state index is 11.1. The van der Waals surface area contributed by atoms with Gasteiger partial charge in [0.05, 0.1) is 18.3 Å². The van der Waals surface area contributed by atoms with Crippen molar-refractivity contribution in [3.63, 3.8) is 0 Å². The molecule has 0 aromatic carbocycles. The van der Waals surface area contributed by atoms with E-state index in [1.807, 2.05) is 13.8 Å². The Morgan fingerprint density at radius 3 is 2.75 bits per heavy atom. The number of carbonyl (C=O) groups excluding carboxylic acids is 1. The van der Waals surface area contributed by atoms with E-state index in [-0.39, 0.29) is 30.3 Å². The molecule has 1 aliphatic carbocycles. The van der Waals surface area contributed by atoms with Crippen LogP contribution in [0.3, 0.4) is 0 Å². The van der Waals surface area contributed by atoms with Crippen LogP contribution in [-0.2, 0) is 23.7 Å². The predicted molar refractivity (Wildman–Crippen MR) is 73.2 cm³/mol. The number of rotatable bonds is 5. The fourth-order valence-electron chi connectivity index (χ4n) is 3.51. The molecule has 0 amide bonds. The molecule has 0 spiro atoms. The molecule has 20 heavy (non-hydrogen) atoms. The average Bonchev–Trinajstić information content (AvgIpc) is 2.39. The highest BCUT2D eigenvalue weighted by Crippen LogP contribution is 2.46. The fraction of sp³-hybridized carbons (Fsp3) is 0.933. The summed E-state index contributed by atoms with van der Waals surface area (Å²) in [5.74, 6) is -0.234. The van der Waals surface area contributed by atoms with Gasteiger partial charge >= 0.3 is 0 Å². The second kappa shape index (κ2) is 6.10. The molecule has 116 valence electrons. The third kappa shape index (κ3) is 3.22. The highest BCUT2D eigenvalue weighted by Gasteiger charge is 2.51. The Morgan fingerprint density at radius 2 is 2.10 bits per heavy atom. The van der Waals surface area contributed by atoms with Crippen LogP contribution in [0.25, 0.3) is 0 Å². The number of aldehydes is 1. The van der Waals surface area contributed by atoms with Gasteiger partial charge < -0.3 is 23.7 Å². The molecule has 5 heteroatoms. The van der Waals surface area contributed by atoms with E-state index in [1.54, 1.807) is 7.11 Å². The molecule has 0 aromatic rings. The summed E-state index contributed by atoms with van der Waals surface area (Å²) in [5.41, 5.74) is -0.355. The molecule has 2 fully saturated rings. The molecule has 0 aromatic heterocycles. The van der Waals surface area contributed by atoms with Crippen LogP contribution < -0.4 is 0 Å². The van der Waals surface area contributed by atoms with Gasteiger partial charge in [-0.15, -0.1) is 0 Å². The van der Waals surface area contributed by atoms with Crippen molar-refractivity contribution in [2.75, 3.05) is 20.5 Å². The smallest absolute Gasteiger partial charge is 0.163 e. The van der Waals surface area contributed by atoms with Gasteiger partial charge in [-0.3, -0.25) is 0 Å². The minimum absolute atomic E-state index is 0.102. The summed E-state index contributed by atoms with van der Waals surface area (Å²) < 4.78 is 22.7. The fourth-order valence-corrected chi connectivity index (χ4v) is 3.51. The molecular formula is C15H26O5. The van der Waals surface area contributed by atoms with Gasteiger partial charge in [-0.1, -0.05) is 0 Å². The lowest BCUT2D eigenvalue weighted by atomic mass is 9.67. The zero-order valence-electron chi connectivity index (χ0n) is 12.9. The Balaban J connectivity index is 2.14. The number of hydrogen-bond acceptors (Lipinski definition) is 5. The summed E-state index contributed by atoms with van der Waals surface area (Å²) in [6.45, 7) is 6.80. The van der Waals surface area contributed by atoms with Crippen molar-refractivity contribution in [1.29, 1.82) is 0 Å². The van der Waals surface area contributed by atoms with E-state index in [9.17, 15) is 4.79 Å². The lowest BCUT2D eigenvalue weighted by Crippen LogP contribution is -2.57. The van der Waals surface area contributed by atoms with Gasteiger partial charge in [0, 0.05) is 25.4 Å². The second-order valence-corrected chi connectivity index (χ2v) is 6.44. The molecule has 0 N–H and O–H groups in total. The monoisotopic (exact) mass is 286 g/mol. The third-order valence-electron chi connectivity index (χ3n) is 4.62. The SMILES string of the molecule is COCO[C@@]1(C)CC[C@@H]2OC(C)(C)OC[C@@H]2[C@@H]1CC=O. The van der Waals surface area contributed by atoms with Crippen molar-refractivity contribution >= 4 is 6.29 Å². The van der Waals surface area contributed by atoms with Crippen LogP contribution in [0.5, 0.6) is 0 Å². The lowest BCUT2D eigenvalue weighted by molar-refractivity contribution is -0.322. The van der Waals surface area contributed by atoms with E-state index in [0.717, 1.165) is 19.1 Å². The highest BCUT2D eigenvalue weighted by atomic mass is 16.7. The zero-order chi connectivity index (χ0) is 14.8. The van der Waals surface area contributed by atoms with Crippen molar-refractivity contribution in [3.05, 3.63) is 0 Å². The summed E-state index contributed by atoms with van der Waals surface area (Å²) in [6.07, 6.45) is 3.37. The van der Waals surface area contributed by atoms with Crippen molar-refractivity contribution < 1.29 is 23.7 Å². The molecule has 1 saturated carbocycles. The van der Waals surface area contributed by atoms with E-state index in [2.05, 4.69) is 6.92 Å². The quantitative estimate of drug-likeness (QED) is 0.572. The van der Waals surface area contributed by atoms with Gasteiger partial charge in [0.25, 0.3) is 0 Å². The number of methoxy groups -OCH3 is 1. The number of hydrogen-bond donors (Lipinski definition) is 0. The first kappa shape index (κ1) is 15.9. The Morgan fingerprint density at radius 1 is 1.35 bits per heavy atom. The minimum Gasteiger partial charge on any atom is -0.359 e. The van der Waals surface area contributed by atoms with E-state index in [0.29, 0.717) is 13.0 Å². The average molecular weight is 286 g/mol. The van der Waals surface area contributed by atoms with Crippen LogP contribution in [0.1, 0.15) is 40.0 Å². The van der Waals surface area contributed by atoms with E-state index < -0.39 is 5.79 Å². The van der Waals surface area contributed by atoms with Gasteiger partial charge in [0.15, 0.2) is 5.79 Å². The molecule has 2 rings (SSSR count). The normalized spacial score (nSPS) is 40.1. The molecule has 0 unspecified atom stereocenters. The summed E-state index contributed by atoms with van der Waals surface area (Å²) in [7, 11) is 1.61. The summed E-state index contributed by atoms with van der Waals surface area (Å²) in [5, 5.41) is 0. The van der Waals surface area contributed by atoms with Gasteiger partial charge in [0.2, 0.25) is 0 Å². The van der Waals surface area contributed by atoms with Crippen LogP contribution in [0, 0.1) is 11.8 Å². The molecule has 0 bridgehead atoms. The van der Waals surface area contributed by atoms with Crippen LogP contribution >= 0.6 is 0 Å². The van der Waals surface area contributed by atoms with Crippen LogP contribution in [0.4, 0.5) is 0 Å². The molecule has 0 radical (unpaired) electrons. The van der Waals surface area contributed by atoms with Crippen molar-refractivity contribution in [2.24, 2.45) is 11.8 Å². The zero-order valence-corrected chi connectivity index (χ0v) is 12.9. The van der Waals surface area contributed by atoms with Gasteiger partial charge in [0.1, 0.15) is 13.1 Å². The number of carbonyl (C=O) groups is 1. The molecular weight excluding hydrogens is 260 g/mol. The largest absolute Gasteiger partial charge is 0.359 e. The van der Waals surface area contributed by atoms with Crippen LogP contribution in [0.2, 0.25) is 0 Å². The first-order valence-electron chi connectivity index (χ1n) is 7.30. The van der Waals surface area contributed by atoms with E-state index in [4.69, 9.17) is 18.9 Å². The van der Waals surface area contributed by atoms with Crippen molar-refractivity contribution in [3.8, 4) is 0 Å². The molecule has 1 saturated heterocycles. The van der Waals surface area contributed by atoms with Gasteiger partial charge in [-0.2, -0.15) is 0 Å². The van der Waals surface area contributed by atoms with Crippen LogP contribution in [-0.4, -0.2) is 44.3 Å². The Kier molecular flexibility index (Phi) is 4.84. The van der Waals surface area contributed by atoms with E-state index >= 15 is 0 Å². The molecule has 5 nitrogen and oxygen atoms in total. The topological polar surface area (TPSA) is 54.0 Å². The van der Waals surface area contributed by atoms with Gasteiger partial charge in [-0.25, -0.2) is 0 Å². The number of ether oxygens (including phenoxy) is 4. The first-order chi connectivity index (χ1) is 9.42. The van der Waals surface area contributed by atoms with Gasteiger partial charge in [-0.05, 0) is 33.6 Å². The van der Waals surface area contributed by atoms with E-state index in [1.165, 1.54) is 0 Å². The Labute approximate surface area is 120 Å². The molecule has 4 atom stereocenters. The summed E-state index contributed by atoms with van der Waals surface area (Å²) >= 11 is 0. The summed E-state index contributed by atoms with van der Waals surface area (Å²) in [6, 6.07) is 0. The van der Waals surface area contributed by atoms with Crippen LogP contribution in [0.15, 0.2) is 0 Å².